The predicted octanol–water partition coefficient (Wildman–Crippen LogP) is 1.86. The van der Waals surface area contributed by atoms with E-state index < -0.39 is 0 Å². The number of hydrogen-bond donors (Lipinski definition) is 2. The van der Waals surface area contributed by atoms with Crippen molar-refractivity contribution in [1.82, 2.24) is 15.1 Å². The Morgan fingerprint density at radius 3 is 3.00 bits per heavy atom. The van der Waals surface area contributed by atoms with E-state index in [1.54, 1.807) is 6.07 Å². The molecular weight excluding hydrogens is 282 g/mol. The van der Waals surface area contributed by atoms with Crippen LogP contribution in [0.3, 0.4) is 0 Å². The maximum Gasteiger partial charge on any atom is 0.129 e. The fourth-order valence-electron chi connectivity index (χ4n) is 2.89. The molecule has 3 heterocycles. The van der Waals surface area contributed by atoms with Crippen molar-refractivity contribution in [2.45, 2.75) is 39.1 Å². The van der Waals surface area contributed by atoms with Crippen LogP contribution in [0.5, 0.6) is 0 Å². The van der Waals surface area contributed by atoms with E-state index in [0.717, 1.165) is 37.4 Å². The van der Waals surface area contributed by atoms with Crippen molar-refractivity contribution in [2.75, 3.05) is 13.2 Å². The van der Waals surface area contributed by atoms with Gasteiger partial charge in [0.15, 0.2) is 0 Å². The largest absolute Gasteiger partial charge is 0.462 e. The van der Waals surface area contributed by atoms with Crippen LogP contribution < -0.4 is 5.32 Å². The summed E-state index contributed by atoms with van der Waals surface area (Å²) in [6.45, 7) is 5.23. The van der Waals surface area contributed by atoms with E-state index in [-0.39, 0.29) is 12.7 Å². The van der Waals surface area contributed by atoms with Crippen LogP contribution in [-0.4, -0.2) is 28.0 Å². The summed E-state index contributed by atoms with van der Waals surface area (Å²) >= 11 is 0. The lowest BCUT2D eigenvalue weighted by molar-refractivity contribution is 0.0902. The van der Waals surface area contributed by atoms with E-state index >= 15 is 0 Å². The highest BCUT2D eigenvalue weighted by atomic mass is 16.5. The molecule has 2 aromatic heterocycles. The molecule has 0 aliphatic carbocycles. The van der Waals surface area contributed by atoms with Gasteiger partial charge in [0, 0.05) is 37.4 Å². The monoisotopic (exact) mass is 305 g/mol. The molecule has 2 aromatic rings. The number of aliphatic hydroxyl groups excluding tert-OH is 1. The van der Waals surface area contributed by atoms with Gasteiger partial charge in [-0.3, -0.25) is 4.68 Å². The van der Waals surface area contributed by atoms with Crippen LogP contribution in [0, 0.1) is 5.92 Å². The molecule has 2 atom stereocenters. The second-order valence-corrected chi connectivity index (χ2v) is 5.63. The van der Waals surface area contributed by atoms with Crippen LogP contribution >= 0.6 is 0 Å². The standard InChI is InChI=1S/C16H23N3O3/c1-2-19-10-13(8-18-19)16-12(5-6-21-16)7-17-9-14-3-4-15(11-20)22-14/h3-4,8,10,12,16-17,20H,2,5-7,9,11H2,1H3/t12-,16-/m0/s1. The SMILES string of the molecule is CCn1cc([C@H]2OCC[C@H]2CNCc2ccc(CO)o2)cn1. The van der Waals surface area contributed by atoms with E-state index in [4.69, 9.17) is 14.3 Å². The summed E-state index contributed by atoms with van der Waals surface area (Å²) in [4.78, 5) is 0. The molecule has 3 rings (SSSR count). The predicted molar refractivity (Wildman–Crippen MR) is 81.0 cm³/mol. The molecule has 1 aliphatic heterocycles. The van der Waals surface area contributed by atoms with Crippen molar-refractivity contribution in [3.63, 3.8) is 0 Å². The molecule has 120 valence electrons. The van der Waals surface area contributed by atoms with Gasteiger partial charge < -0.3 is 19.6 Å². The molecule has 2 N–H and O–H groups in total. The van der Waals surface area contributed by atoms with Crippen LogP contribution in [0.2, 0.25) is 0 Å². The molecule has 22 heavy (non-hydrogen) atoms. The summed E-state index contributed by atoms with van der Waals surface area (Å²) in [6, 6.07) is 3.70. The van der Waals surface area contributed by atoms with Crippen LogP contribution in [0.15, 0.2) is 28.9 Å². The van der Waals surface area contributed by atoms with Gasteiger partial charge in [0.2, 0.25) is 0 Å². The Bertz CT molecular complexity index is 593. The number of nitrogens with zero attached hydrogens (tertiary/aromatic N) is 2. The van der Waals surface area contributed by atoms with E-state index in [1.165, 1.54) is 0 Å². The molecule has 1 fully saturated rings. The summed E-state index contributed by atoms with van der Waals surface area (Å²) in [5, 5.41) is 16.7. The molecule has 6 heteroatoms. The summed E-state index contributed by atoms with van der Waals surface area (Å²) in [5.74, 6) is 1.89. The molecular formula is C16H23N3O3. The van der Waals surface area contributed by atoms with Gasteiger partial charge in [-0.2, -0.15) is 5.10 Å². The molecule has 0 amide bonds. The zero-order valence-corrected chi connectivity index (χ0v) is 12.9. The number of hydrogen-bond acceptors (Lipinski definition) is 5. The lowest BCUT2D eigenvalue weighted by Gasteiger charge is -2.17. The summed E-state index contributed by atoms with van der Waals surface area (Å²) in [7, 11) is 0. The minimum atomic E-state index is -0.0556. The highest BCUT2D eigenvalue weighted by Gasteiger charge is 2.30. The third-order valence-electron chi connectivity index (χ3n) is 4.10. The Morgan fingerprint density at radius 2 is 2.27 bits per heavy atom. The molecule has 0 unspecified atom stereocenters. The van der Waals surface area contributed by atoms with E-state index in [0.29, 0.717) is 18.2 Å². The minimum Gasteiger partial charge on any atom is -0.462 e. The van der Waals surface area contributed by atoms with Crippen molar-refractivity contribution in [3.05, 3.63) is 41.6 Å². The summed E-state index contributed by atoms with van der Waals surface area (Å²) in [6.07, 6.45) is 5.15. The molecule has 6 nitrogen and oxygen atoms in total. The summed E-state index contributed by atoms with van der Waals surface area (Å²) < 4.78 is 13.3. The first-order valence-corrected chi connectivity index (χ1v) is 7.83. The van der Waals surface area contributed by atoms with E-state index in [9.17, 15) is 0 Å². The van der Waals surface area contributed by atoms with Crippen molar-refractivity contribution >= 4 is 0 Å². The third kappa shape index (κ3) is 3.40. The van der Waals surface area contributed by atoms with Gasteiger partial charge in [0.1, 0.15) is 18.1 Å². The van der Waals surface area contributed by atoms with Crippen LogP contribution in [0.25, 0.3) is 0 Å². The van der Waals surface area contributed by atoms with Crippen LogP contribution in [0.1, 0.15) is 36.5 Å². The molecule has 0 bridgehead atoms. The first-order chi connectivity index (χ1) is 10.8. The Kier molecular flexibility index (Phi) is 4.92. The quantitative estimate of drug-likeness (QED) is 0.817. The smallest absolute Gasteiger partial charge is 0.129 e. The fraction of sp³-hybridized carbons (Fsp3) is 0.562. The second kappa shape index (κ2) is 7.09. The lowest BCUT2D eigenvalue weighted by atomic mass is 9.97. The molecule has 0 radical (unpaired) electrons. The highest BCUT2D eigenvalue weighted by molar-refractivity contribution is 5.11. The Balaban J connectivity index is 1.52. The first-order valence-electron chi connectivity index (χ1n) is 7.83. The van der Waals surface area contributed by atoms with Gasteiger partial charge in [-0.25, -0.2) is 0 Å². The van der Waals surface area contributed by atoms with Crippen molar-refractivity contribution in [1.29, 1.82) is 0 Å². The second-order valence-electron chi connectivity index (χ2n) is 5.63. The van der Waals surface area contributed by atoms with Gasteiger partial charge in [0.05, 0.1) is 18.8 Å². The number of rotatable bonds is 7. The van der Waals surface area contributed by atoms with E-state index in [1.807, 2.05) is 16.9 Å². The highest BCUT2D eigenvalue weighted by Crippen LogP contribution is 2.33. The molecule has 0 saturated carbocycles. The van der Waals surface area contributed by atoms with Crippen molar-refractivity contribution < 1.29 is 14.3 Å². The van der Waals surface area contributed by atoms with Gasteiger partial charge in [-0.15, -0.1) is 0 Å². The van der Waals surface area contributed by atoms with Crippen LogP contribution in [0.4, 0.5) is 0 Å². The number of nitrogens with one attached hydrogen (secondary N) is 1. The zero-order chi connectivity index (χ0) is 15.4. The Labute approximate surface area is 130 Å². The fourth-order valence-corrected chi connectivity index (χ4v) is 2.89. The number of aryl methyl sites for hydroxylation is 1. The van der Waals surface area contributed by atoms with Crippen molar-refractivity contribution in [2.24, 2.45) is 5.92 Å². The molecule has 0 aromatic carbocycles. The Hall–Kier alpha value is -1.63. The molecule has 1 aliphatic rings. The van der Waals surface area contributed by atoms with Gasteiger partial charge in [-0.05, 0) is 25.5 Å². The lowest BCUT2D eigenvalue weighted by Crippen LogP contribution is -2.24. The molecule has 0 spiro atoms. The maximum atomic E-state index is 8.99. The van der Waals surface area contributed by atoms with Gasteiger partial charge >= 0.3 is 0 Å². The van der Waals surface area contributed by atoms with E-state index in [2.05, 4.69) is 23.5 Å². The first kappa shape index (κ1) is 15.3. The molecule has 1 saturated heterocycles. The topological polar surface area (TPSA) is 72.5 Å². The zero-order valence-electron chi connectivity index (χ0n) is 12.9. The van der Waals surface area contributed by atoms with Gasteiger partial charge in [0.25, 0.3) is 0 Å². The summed E-state index contributed by atoms with van der Waals surface area (Å²) in [5.41, 5.74) is 1.16. The average Bonchev–Trinajstić information content (AvgIpc) is 3.27. The van der Waals surface area contributed by atoms with Gasteiger partial charge in [-0.1, -0.05) is 0 Å². The number of aromatic nitrogens is 2. The van der Waals surface area contributed by atoms with Crippen molar-refractivity contribution in [3.8, 4) is 0 Å². The number of furan rings is 1. The maximum absolute atomic E-state index is 8.99. The number of ether oxygens (including phenoxy) is 1. The minimum absolute atomic E-state index is 0.0556. The average molecular weight is 305 g/mol. The van der Waals surface area contributed by atoms with Crippen LogP contribution in [-0.2, 0) is 24.4 Å². The normalized spacial score (nSPS) is 21.5. The Morgan fingerprint density at radius 1 is 1.41 bits per heavy atom. The third-order valence-corrected chi connectivity index (χ3v) is 4.10. The number of aliphatic hydroxyl groups is 1.